The number of urea groups is 1. The Morgan fingerprint density at radius 3 is 2.32 bits per heavy atom. The van der Waals surface area contributed by atoms with Crippen LogP contribution in [0.15, 0.2) is 24.3 Å². The molecule has 1 aromatic carbocycles. The van der Waals surface area contributed by atoms with Gasteiger partial charge in [-0.15, -0.1) is 0 Å². The van der Waals surface area contributed by atoms with E-state index in [1.165, 1.54) is 25.7 Å². The first-order valence-corrected chi connectivity index (χ1v) is 9.26. The van der Waals surface area contributed by atoms with E-state index in [4.69, 9.17) is 0 Å². The van der Waals surface area contributed by atoms with Gasteiger partial charge in [0.2, 0.25) is 5.91 Å². The van der Waals surface area contributed by atoms with Gasteiger partial charge in [-0.25, -0.2) is 4.79 Å². The predicted molar refractivity (Wildman–Crippen MR) is 99.6 cm³/mol. The summed E-state index contributed by atoms with van der Waals surface area (Å²) in [6, 6.07) is 7.47. The van der Waals surface area contributed by atoms with Crippen molar-refractivity contribution in [3.8, 4) is 0 Å². The van der Waals surface area contributed by atoms with Gasteiger partial charge in [-0.2, -0.15) is 0 Å². The summed E-state index contributed by atoms with van der Waals surface area (Å²) >= 11 is 0. The van der Waals surface area contributed by atoms with Crippen LogP contribution in [0.5, 0.6) is 0 Å². The minimum atomic E-state index is -0.232. The fourth-order valence-electron chi connectivity index (χ4n) is 3.82. The van der Waals surface area contributed by atoms with Crippen LogP contribution in [-0.2, 0) is 4.79 Å². The molecule has 3 unspecified atom stereocenters. The Bertz CT molecular complexity index is 600. The number of amides is 3. The van der Waals surface area contributed by atoms with Crippen LogP contribution >= 0.6 is 0 Å². The highest BCUT2D eigenvalue weighted by molar-refractivity contribution is 5.95. The number of hydrogen-bond donors (Lipinski definition) is 4. The van der Waals surface area contributed by atoms with Crippen molar-refractivity contribution in [1.29, 1.82) is 0 Å². The third kappa shape index (κ3) is 4.72. The number of hydrogen-bond acceptors (Lipinski definition) is 3. The summed E-state index contributed by atoms with van der Waals surface area (Å²) in [7, 11) is 0. The topological polar surface area (TPSA) is 82.3 Å². The zero-order valence-corrected chi connectivity index (χ0v) is 15.0. The molecule has 1 aliphatic carbocycles. The number of carbonyl (C=O) groups excluding carboxylic acids is 2. The summed E-state index contributed by atoms with van der Waals surface area (Å²) in [6.07, 6.45) is 5.91. The molecular weight excluding hydrogens is 316 g/mol. The summed E-state index contributed by atoms with van der Waals surface area (Å²) in [4.78, 5) is 24.2. The molecule has 3 atom stereocenters. The van der Waals surface area contributed by atoms with E-state index in [9.17, 15) is 9.59 Å². The average Bonchev–Trinajstić information content (AvgIpc) is 3.00. The number of anilines is 2. The largest absolute Gasteiger partial charge is 0.336 e. The molecule has 6 nitrogen and oxygen atoms in total. The van der Waals surface area contributed by atoms with Crippen LogP contribution in [0.25, 0.3) is 0 Å². The van der Waals surface area contributed by atoms with E-state index >= 15 is 0 Å². The van der Waals surface area contributed by atoms with Crippen molar-refractivity contribution in [1.82, 2.24) is 10.6 Å². The monoisotopic (exact) mass is 344 g/mol. The Labute approximate surface area is 149 Å². The molecule has 2 aliphatic rings. The van der Waals surface area contributed by atoms with Gasteiger partial charge in [0.1, 0.15) is 0 Å². The maximum atomic E-state index is 12.5. The fourth-order valence-corrected chi connectivity index (χ4v) is 3.82. The molecule has 6 heteroatoms. The first-order valence-electron chi connectivity index (χ1n) is 9.26. The molecule has 1 heterocycles. The van der Waals surface area contributed by atoms with Crippen molar-refractivity contribution < 1.29 is 9.59 Å². The zero-order chi connectivity index (χ0) is 17.8. The maximum Gasteiger partial charge on any atom is 0.319 e. The van der Waals surface area contributed by atoms with Gasteiger partial charge in [0.25, 0.3) is 0 Å². The molecule has 3 amide bonds. The Balaban J connectivity index is 1.51. The second-order valence-electron chi connectivity index (χ2n) is 7.43. The summed E-state index contributed by atoms with van der Waals surface area (Å²) in [5.74, 6) is 0.684. The van der Waals surface area contributed by atoms with E-state index in [0.29, 0.717) is 17.6 Å². The van der Waals surface area contributed by atoms with Crippen molar-refractivity contribution in [3.05, 3.63) is 24.3 Å². The Morgan fingerprint density at radius 2 is 1.68 bits per heavy atom. The smallest absolute Gasteiger partial charge is 0.319 e. The van der Waals surface area contributed by atoms with Crippen LogP contribution < -0.4 is 21.3 Å². The lowest BCUT2D eigenvalue weighted by Crippen LogP contribution is -2.39. The molecule has 2 fully saturated rings. The van der Waals surface area contributed by atoms with Crippen LogP contribution in [-0.4, -0.2) is 30.1 Å². The quantitative estimate of drug-likeness (QED) is 0.677. The standard InChI is InChI=1S/C19H28N4O2/c1-12(2)20-19(25)22-15-9-7-14(8-10-15)21-18(24)17-11-13-5-3-4-6-16(13)23-17/h7-10,12-13,16-17,23H,3-6,11H2,1-2H3,(H,21,24)(H2,20,22,25). The van der Waals surface area contributed by atoms with E-state index in [1.807, 2.05) is 26.0 Å². The molecule has 1 aromatic rings. The van der Waals surface area contributed by atoms with Crippen molar-refractivity contribution in [2.75, 3.05) is 10.6 Å². The second kappa shape index (κ2) is 7.87. The second-order valence-corrected chi connectivity index (χ2v) is 7.43. The lowest BCUT2D eigenvalue weighted by atomic mass is 9.85. The Hall–Kier alpha value is -2.08. The van der Waals surface area contributed by atoms with Gasteiger partial charge in [-0.1, -0.05) is 12.8 Å². The fraction of sp³-hybridized carbons (Fsp3) is 0.579. The summed E-state index contributed by atoms with van der Waals surface area (Å²) in [5, 5.41) is 12.0. The molecule has 1 saturated carbocycles. The number of fused-ring (bicyclic) bond motifs is 1. The van der Waals surface area contributed by atoms with Crippen LogP contribution in [0.4, 0.5) is 16.2 Å². The number of benzene rings is 1. The van der Waals surface area contributed by atoms with Gasteiger partial charge >= 0.3 is 6.03 Å². The van der Waals surface area contributed by atoms with E-state index in [1.54, 1.807) is 12.1 Å². The molecule has 0 bridgehead atoms. The minimum absolute atomic E-state index is 0.0349. The van der Waals surface area contributed by atoms with Crippen molar-refractivity contribution >= 4 is 23.3 Å². The van der Waals surface area contributed by atoms with Gasteiger partial charge in [0, 0.05) is 23.5 Å². The van der Waals surface area contributed by atoms with E-state index in [2.05, 4.69) is 21.3 Å². The van der Waals surface area contributed by atoms with E-state index in [-0.39, 0.29) is 24.0 Å². The normalized spacial score (nSPS) is 25.3. The average molecular weight is 344 g/mol. The number of nitrogens with one attached hydrogen (secondary N) is 4. The molecule has 0 spiro atoms. The molecule has 0 radical (unpaired) electrons. The predicted octanol–water partition coefficient (Wildman–Crippen LogP) is 3.08. The maximum absolute atomic E-state index is 12.5. The summed E-state index contributed by atoms with van der Waals surface area (Å²) < 4.78 is 0. The first kappa shape index (κ1) is 17.7. The van der Waals surface area contributed by atoms with Gasteiger partial charge in [0.15, 0.2) is 0 Å². The third-order valence-corrected chi connectivity index (χ3v) is 5.01. The van der Waals surface area contributed by atoms with Crippen LogP contribution in [0.2, 0.25) is 0 Å². The third-order valence-electron chi connectivity index (χ3n) is 5.01. The van der Waals surface area contributed by atoms with Gasteiger partial charge < -0.3 is 21.3 Å². The van der Waals surface area contributed by atoms with Gasteiger partial charge in [0.05, 0.1) is 6.04 Å². The van der Waals surface area contributed by atoms with Crippen molar-refractivity contribution in [2.45, 2.75) is 64.1 Å². The van der Waals surface area contributed by atoms with Crippen molar-refractivity contribution in [3.63, 3.8) is 0 Å². The van der Waals surface area contributed by atoms with Crippen molar-refractivity contribution in [2.24, 2.45) is 5.92 Å². The Morgan fingerprint density at radius 1 is 1.04 bits per heavy atom. The molecule has 1 aliphatic heterocycles. The molecule has 4 N–H and O–H groups in total. The van der Waals surface area contributed by atoms with Gasteiger partial charge in [-0.3, -0.25) is 4.79 Å². The highest BCUT2D eigenvalue weighted by atomic mass is 16.2. The summed E-state index contributed by atoms with van der Waals surface area (Å²) in [5.41, 5.74) is 1.44. The number of carbonyl (C=O) groups is 2. The van der Waals surface area contributed by atoms with E-state index < -0.39 is 0 Å². The van der Waals surface area contributed by atoms with Crippen LogP contribution in [0, 0.1) is 5.92 Å². The number of rotatable bonds is 4. The summed E-state index contributed by atoms with van der Waals surface area (Å²) in [6.45, 7) is 3.82. The first-order chi connectivity index (χ1) is 12.0. The Kier molecular flexibility index (Phi) is 5.58. The molecule has 25 heavy (non-hydrogen) atoms. The molecule has 3 rings (SSSR count). The highest BCUT2D eigenvalue weighted by Gasteiger charge is 2.38. The minimum Gasteiger partial charge on any atom is -0.336 e. The van der Waals surface area contributed by atoms with E-state index in [0.717, 1.165) is 12.1 Å². The zero-order valence-electron chi connectivity index (χ0n) is 15.0. The van der Waals surface area contributed by atoms with Crippen LogP contribution in [0.1, 0.15) is 46.0 Å². The molecule has 136 valence electrons. The SMILES string of the molecule is CC(C)NC(=O)Nc1ccc(NC(=O)C2CC3CCCCC3N2)cc1. The van der Waals surface area contributed by atoms with Crippen LogP contribution in [0.3, 0.4) is 0 Å². The van der Waals surface area contributed by atoms with Gasteiger partial charge in [-0.05, 0) is 63.3 Å². The molecule has 1 saturated heterocycles. The lowest BCUT2D eigenvalue weighted by Gasteiger charge is -2.24. The lowest BCUT2D eigenvalue weighted by molar-refractivity contribution is -0.117. The highest BCUT2D eigenvalue weighted by Crippen LogP contribution is 2.33. The molecular formula is C19H28N4O2. The molecule has 0 aromatic heterocycles.